The molecule has 0 unspecified atom stereocenters. The van der Waals surface area contributed by atoms with Gasteiger partial charge in [0, 0.05) is 11.6 Å². The van der Waals surface area contributed by atoms with Crippen LogP contribution in [0, 0.1) is 10.1 Å². The minimum absolute atomic E-state index is 0.00732. The molecule has 124 valence electrons. The number of rotatable bonds is 6. The van der Waals surface area contributed by atoms with Gasteiger partial charge in [0.25, 0.3) is 5.71 Å². The standard InChI is InChI=1S/C17H16N2O5/c1-3-23-16(20)11-24-15-10-6-7-12(2)17(15)19(22)14-9-5-4-8-13(14)18-21/h4-10H,2-3,11H2,1H3/b19-17-. The third-order valence-electron chi connectivity index (χ3n) is 3.14. The number of esters is 1. The molecule has 1 aromatic rings. The molecule has 0 amide bonds. The summed E-state index contributed by atoms with van der Waals surface area (Å²) < 4.78 is 10.7. The van der Waals surface area contributed by atoms with E-state index < -0.39 is 5.97 Å². The SMILES string of the molecule is C=C1C=CC=C(OCC(=O)OCC)/C1=[N+](\[O-])c1ccccc1N=O. The van der Waals surface area contributed by atoms with Gasteiger partial charge in [-0.1, -0.05) is 24.8 Å². The molecular weight excluding hydrogens is 312 g/mol. The molecule has 0 fully saturated rings. The second-order valence-electron chi connectivity index (χ2n) is 4.73. The summed E-state index contributed by atoms with van der Waals surface area (Å²) in [5.41, 5.74) is 0.529. The van der Waals surface area contributed by atoms with Crippen LogP contribution in [0.25, 0.3) is 0 Å². The Balaban J connectivity index is 2.38. The van der Waals surface area contributed by atoms with Crippen molar-refractivity contribution in [2.45, 2.75) is 6.92 Å². The van der Waals surface area contributed by atoms with E-state index in [-0.39, 0.29) is 36.1 Å². The number of carbonyl (C=O) groups excluding carboxylic acids is 1. The largest absolute Gasteiger partial charge is 0.618 e. The molecule has 1 aliphatic rings. The van der Waals surface area contributed by atoms with Crippen LogP contribution in [-0.2, 0) is 14.3 Å². The van der Waals surface area contributed by atoms with Crippen LogP contribution in [0.3, 0.4) is 0 Å². The van der Waals surface area contributed by atoms with E-state index in [1.54, 1.807) is 31.2 Å². The van der Waals surface area contributed by atoms with Gasteiger partial charge in [0.15, 0.2) is 18.1 Å². The zero-order valence-corrected chi connectivity index (χ0v) is 13.1. The lowest BCUT2D eigenvalue weighted by Crippen LogP contribution is -2.22. The molecule has 0 atom stereocenters. The molecule has 0 saturated heterocycles. The van der Waals surface area contributed by atoms with Gasteiger partial charge in [0.2, 0.25) is 5.69 Å². The molecule has 1 aliphatic carbocycles. The number of ether oxygens (including phenoxy) is 2. The molecule has 0 saturated carbocycles. The van der Waals surface area contributed by atoms with Gasteiger partial charge in [-0.3, -0.25) is 0 Å². The van der Waals surface area contributed by atoms with Crippen molar-refractivity contribution >= 4 is 23.1 Å². The fourth-order valence-electron chi connectivity index (χ4n) is 2.09. The molecule has 0 aliphatic heterocycles. The lowest BCUT2D eigenvalue weighted by molar-refractivity contribution is -0.359. The number of hydrogen-bond acceptors (Lipinski definition) is 6. The zero-order valence-electron chi connectivity index (χ0n) is 13.1. The Bertz CT molecular complexity index is 762. The quantitative estimate of drug-likeness (QED) is 0.263. The monoisotopic (exact) mass is 328 g/mol. The maximum atomic E-state index is 12.7. The summed E-state index contributed by atoms with van der Waals surface area (Å²) in [5, 5.41) is 15.6. The highest BCUT2D eigenvalue weighted by atomic mass is 16.6. The number of benzene rings is 1. The third-order valence-corrected chi connectivity index (χ3v) is 3.14. The number of hydrogen-bond donors (Lipinski definition) is 0. The van der Waals surface area contributed by atoms with Crippen molar-refractivity contribution < 1.29 is 19.0 Å². The summed E-state index contributed by atoms with van der Waals surface area (Å²) >= 11 is 0. The number of nitroso groups, excluding NO2 is 1. The fraction of sp³-hybridized carbons (Fsp3) is 0.176. The summed E-state index contributed by atoms with van der Waals surface area (Å²) in [6.45, 7) is 5.37. The van der Waals surface area contributed by atoms with E-state index in [2.05, 4.69) is 11.8 Å². The summed E-state index contributed by atoms with van der Waals surface area (Å²) in [7, 11) is 0. The van der Waals surface area contributed by atoms with E-state index in [1.807, 2.05) is 0 Å². The van der Waals surface area contributed by atoms with Gasteiger partial charge in [0.1, 0.15) is 0 Å². The normalized spacial score (nSPS) is 15.5. The first-order chi connectivity index (χ1) is 11.6. The highest BCUT2D eigenvalue weighted by Gasteiger charge is 2.26. The molecule has 0 radical (unpaired) electrons. The van der Waals surface area contributed by atoms with E-state index in [0.717, 1.165) is 0 Å². The Hall–Kier alpha value is -3.22. The molecule has 0 heterocycles. The third kappa shape index (κ3) is 3.75. The second kappa shape index (κ2) is 7.87. The predicted octanol–water partition coefficient (Wildman–Crippen LogP) is 3.26. The maximum Gasteiger partial charge on any atom is 0.344 e. The van der Waals surface area contributed by atoms with Crippen LogP contribution in [0.1, 0.15) is 6.92 Å². The summed E-state index contributed by atoms with van der Waals surface area (Å²) in [4.78, 5) is 22.3. The first-order valence-corrected chi connectivity index (χ1v) is 7.21. The van der Waals surface area contributed by atoms with Crippen LogP contribution < -0.4 is 0 Å². The van der Waals surface area contributed by atoms with E-state index in [4.69, 9.17) is 9.47 Å². The van der Waals surface area contributed by atoms with E-state index in [0.29, 0.717) is 10.3 Å². The van der Waals surface area contributed by atoms with Crippen LogP contribution in [0.2, 0.25) is 0 Å². The van der Waals surface area contributed by atoms with Gasteiger partial charge < -0.3 is 14.7 Å². The average Bonchev–Trinajstić information content (AvgIpc) is 2.59. The summed E-state index contributed by atoms with van der Waals surface area (Å²) in [6.07, 6.45) is 4.80. The van der Waals surface area contributed by atoms with Gasteiger partial charge in [-0.15, -0.1) is 4.91 Å². The predicted molar refractivity (Wildman–Crippen MR) is 89.1 cm³/mol. The van der Waals surface area contributed by atoms with Crippen LogP contribution in [-0.4, -0.2) is 29.6 Å². The van der Waals surface area contributed by atoms with Crippen molar-refractivity contribution in [1.82, 2.24) is 0 Å². The first-order valence-electron chi connectivity index (χ1n) is 7.21. The molecule has 0 bridgehead atoms. The lowest BCUT2D eigenvalue weighted by atomic mass is 10.0. The van der Waals surface area contributed by atoms with Crippen molar-refractivity contribution in [2.24, 2.45) is 5.18 Å². The summed E-state index contributed by atoms with van der Waals surface area (Å²) in [6, 6.07) is 6.10. The van der Waals surface area contributed by atoms with E-state index >= 15 is 0 Å². The number of nitrogens with zero attached hydrogens (tertiary/aromatic N) is 2. The van der Waals surface area contributed by atoms with Crippen molar-refractivity contribution in [2.75, 3.05) is 13.2 Å². The molecule has 2 rings (SSSR count). The second-order valence-corrected chi connectivity index (χ2v) is 4.73. The first kappa shape index (κ1) is 17.1. The molecule has 7 heteroatoms. The number of para-hydroxylation sites is 1. The van der Waals surface area contributed by atoms with E-state index in [1.165, 1.54) is 18.2 Å². The minimum Gasteiger partial charge on any atom is -0.618 e. The highest BCUT2D eigenvalue weighted by Crippen LogP contribution is 2.28. The number of carbonyl (C=O) groups is 1. The lowest BCUT2D eigenvalue weighted by Gasteiger charge is -2.16. The van der Waals surface area contributed by atoms with Gasteiger partial charge in [-0.05, 0) is 30.3 Å². The van der Waals surface area contributed by atoms with Crippen molar-refractivity contribution in [3.05, 3.63) is 70.5 Å². The Morgan fingerprint density at radius 3 is 2.83 bits per heavy atom. The van der Waals surface area contributed by atoms with Crippen molar-refractivity contribution in [3.63, 3.8) is 0 Å². The van der Waals surface area contributed by atoms with Crippen LogP contribution in [0.5, 0.6) is 0 Å². The average molecular weight is 328 g/mol. The fourth-order valence-corrected chi connectivity index (χ4v) is 2.09. The zero-order chi connectivity index (χ0) is 17.5. The van der Waals surface area contributed by atoms with Gasteiger partial charge >= 0.3 is 5.97 Å². The number of allylic oxidation sites excluding steroid dienone is 4. The molecule has 0 N–H and O–H groups in total. The van der Waals surface area contributed by atoms with Crippen molar-refractivity contribution in [3.8, 4) is 0 Å². The van der Waals surface area contributed by atoms with Gasteiger partial charge in [0.05, 0.1) is 6.61 Å². The molecule has 0 aromatic heterocycles. The maximum absolute atomic E-state index is 12.7. The molecule has 1 aromatic carbocycles. The molecular formula is C17H16N2O5. The Kier molecular flexibility index (Phi) is 5.62. The van der Waals surface area contributed by atoms with E-state index in [9.17, 15) is 14.9 Å². The van der Waals surface area contributed by atoms with Crippen LogP contribution in [0.4, 0.5) is 11.4 Å². The topological polar surface area (TPSA) is 91.0 Å². The summed E-state index contributed by atoms with van der Waals surface area (Å²) in [5.74, 6) is -0.392. The van der Waals surface area contributed by atoms with Gasteiger partial charge in [-0.2, -0.15) is 4.74 Å². The van der Waals surface area contributed by atoms with Crippen molar-refractivity contribution in [1.29, 1.82) is 0 Å². The van der Waals surface area contributed by atoms with Crippen LogP contribution in [0.15, 0.2) is 65.6 Å². The smallest absolute Gasteiger partial charge is 0.344 e. The van der Waals surface area contributed by atoms with Crippen LogP contribution >= 0.6 is 0 Å². The Morgan fingerprint density at radius 2 is 2.12 bits per heavy atom. The molecule has 0 spiro atoms. The highest BCUT2D eigenvalue weighted by molar-refractivity contribution is 6.11. The Labute approximate surface area is 138 Å². The minimum atomic E-state index is -0.551. The molecule has 24 heavy (non-hydrogen) atoms. The van der Waals surface area contributed by atoms with Gasteiger partial charge in [-0.25, -0.2) is 4.79 Å². The Morgan fingerprint density at radius 1 is 1.38 bits per heavy atom. The molecule has 7 nitrogen and oxygen atoms in total.